The van der Waals surface area contributed by atoms with Crippen LogP contribution in [0.15, 0.2) is 24.4 Å². The Morgan fingerprint density at radius 3 is 3.00 bits per heavy atom. The lowest BCUT2D eigenvalue weighted by molar-refractivity contribution is -0.224. The fourth-order valence-corrected chi connectivity index (χ4v) is 3.23. The third-order valence-electron chi connectivity index (χ3n) is 3.58. The molecule has 0 bridgehead atoms. The molecule has 106 valence electrons. The van der Waals surface area contributed by atoms with Gasteiger partial charge in [0, 0.05) is 29.3 Å². The van der Waals surface area contributed by atoms with Crippen molar-refractivity contribution < 1.29 is 14.6 Å². The SMILES string of the molecule is OC1(O)CC(Cc2cc(Cl)ccc2F)c2c[nH]c(=S)n21. The van der Waals surface area contributed by atoms with Crippen molar-refractivity contribution in [3.05, 3.63) is 51.3 Å². The highest BCUT2D eigenvalue weighted by atomic mass is 35.5. The minimum atomic E-state index is -2.04. The lowest BCUT2D eigenvalue weighted by atomic mass is 9.95. The molecule has 0 fully saturated rings. The first-order valence-electron chi connectivity index (χ1n) is 6.08. The molecule has 1 aliphatic heterocycles. The number of rotatable bonds is 2. The highest BCUT2D eigenvalue weighted by Gasteiger charge is 2.41. The second kappa shape index (κ2) is 4.66. The van der Waals surface area contributed by atoms with Crippen LogP contribution < -0.4 is 0 Å². The number of aliphatic hydroxyl groups is 2. The summed E-state index contributed by atoms with van der Waals surface area (Å²) in [4.78, 5) is 2.77. The largest absolute Gasteiger partial charge is 0.348 e. The molecule has 7 heteroatoms. The zero-order valence-corrected chi connectivity index (χ0v) is 11.9. The van der Waals surface area contributed by atoms with Crippen LogP contribution in [0.25, 0.3) is 0 Å². The van der Waals surface area contributed by atoms with Crippen LogP contribution >= 0.6 is 23.8 Å². The first-order chi connectivity index (χ1) is 9.38. The Balaban J connectivity index is 1.97. The van der Waals surface area contributed by atoms with Crippen LogP contribution in [0.5, 0.6) is 0 Å². The van der Waals surface area contributed by atoms with Crippen molar-refractivity contribution in [2.75, 3.05) is 0 Å². The molecule has 0 aliphatic carbocycles. The fraction of sp³-hybridized carbons (Fsp3) is 0.308. The monoisotopic (exact) mass is 314 g/mol. The maximum absolute atomic E-state index is 13.8. The van der Waals surface area contributed by atoms with Crippen molar-refractivity contribution in [1.29, 1.82) is 0 Å². The quantitative estimate of drug-likeness (QED) is 0.590. The molecule has 1 aromatic carbocycles. The fourth-order valence-electron chi connectivity index (χ4n) is 2.72. The van der Waals surface area contributed by atoms with E-state index < -0.39 is 5.91 Å². The summed E-state index contributed by atoms with van der Waals surface area (Å²) >= 11 is 10.9. The number of hydrogen-bond acceptors (Lipinski definition) is 3. The molecule has 2 heterocycles. The van der Waals surface area contributed by atoms with E-state index in [-0.39, 0.29) is 22.9 Å². The number of H-pyrrole nitrogens is 1. The van der Waals surface area contributed by atoms with E-state index in [2.05, 4.69) is 4.98 Å². The highest BCUT2D eigenvalue weighted by Crippen LogP contribution is 2.40. The molecule has 2 aromatic rings. The van der Waals surface area contributed by atoms with E-state index in [0.717, 1.165) is 0 Å². The summed E-state index contributed by atoms with van der Waals surface area (Å²) in [6.45, 7) is 0. The maximum Gasteiger partial charge on any atom is 0.253 e. The lowest BCUT2D eigenvalue weighted by Crippen LogP contribution is -2.29. The van der Waals surface area contributed by atoms with Crippen molar-refractivity contribution in [3.63, 3.8) is 0 Å². The zero-order valence-electron chi connectivity index (χ0n) is 10.3. The summed E-state index contributed by atoms with van der Waals surface area (Å²) in [7, 11) is 0. The number of nitrogens with one attached hydrogen (secondary N) is 1. The van der Waals surface area contributed by atoms with E-state index in [1.54, 1.807) is 12.3 Å². The number of benzene rings is 1. The van der Waals surface area contributed by atoms with Gasteiger partial charge in [0.15, 0.2) is 4.77 Å². The Bertz CT molecular complexity index is 725. The van der Waals surface area contributed by atoms with E-state index in [1.165, 1.54) is 16.7 Å². The van der Waals surface area contributed by atoms with Gasteiger partial charge in [-0.3, -0.25) is 4.57 Å². The van der Waals surface area contributed by atoms with E-state index in [4.69, 9.17) is 23.8 Å². The third-order valence-corrected chi connectivity index (χ3v) is 4.11. The Morgan fingerprint density at radius 2 is 2.25 bits per heavy atom. The van der Waals surface area contributed by atoms with Gasteiger partial charge in [-0.2, -0.15) is 0 Å². The number of aromatic amines is 1. The summed E-state index contributed by atoms with van der Waals surface area (Å²) < 4.78 is 15.3. The van der Waals surface area contributed by atoms with Gasteiger partial charge in [0.25, 0.3) is 5.91 Å². The summed E-state index contributed by atoms with van der Waals surface area (Å²) in [5.41, 5.74) is 1.10. The van der Waals surface area contributed by atoms with Crippen LogP contribution in [-0.4, -0.2) is 19.8 Å². The van der Waals surface area contributed by atoms with Crippen LogP contribution in [0, 0.1) is 10.6 Å². The smallest absolute Gasteiger partial charge is 0.253 e. The van der Waals surface area contributed by atoms with Gasteiger partial charge in [-0.1, -0.05) is 11.6 Å². The van der Waals surface area contributed by atoms with Gasteiger partial charge >= 0.3 is 0 Å². The first-order valence-corrected chi connectivity index (χ1v) is 6.86. The van der Waals surface area contributed by atoms with E-state index >= 15 is 0 Å². The Labute approximate surface area is 124 Å². The Hall–Kier alpha value is -1.21. The van der Waals surface area contributed by atoms with Crippen molar-refractivity contribution in [1.82, 2.24) is 9.55 Å². The lowest BCUT2D eigenvalue weighted by Gasteiger charge is -2.17. The van der Waals surface area contributed by atoms with Crippen LogP contribution in [0.2, 0.25) is 5.02 Å². The molecule has 1 unspecified atom stereocenters. The number of hydrogen-bond donors (Lipinski definition) is 3. The van der Waals surface area contributed by atoms with Gasteiger partial charge in [0.05, 0.1) is 0 Å². The molecule has 0 radical (unpaired) electrons. The predicted molar refractivity (Wildman–Crippen MR) is 74.5 cm³/mol. The number of aromatic nitrogens is 2. The average Bonchev–Trinajstić information content (AvgIpc) is 2.86. The van der Waals surface area contributed by atoms with Crippen LogP contribution in [0.3, 0.4) is 0 Å². The molecule has 3 N–H and O–H groups in total. The zero-order chi connectivity index (χ0) is 14.5. The number of nitrogens with zero attached hydrogens (tertiary/aromatic N) is 1. The Morgan fingerprint density at radius 1 is 1.50 bits per heavy atom. The van der Waals surface area contributed by atoms with E-state index in [1.807, 2.05) is 0 Å². The maximum atomic E-state index is 13.8. The molecule has 0 saturated carbocycles. The molecule has 1 aliphatic rings. The number of halogens is 2. The summed E-state index contributed by atoms with van der Waals surface area (Å²) in [5.74, 6) is -2.64. The molecule has 1 aromatic heterocycles. The second-order valence-electron chi connectivity index (χ2n) is 4.97. The second-order valence-corrected chi connectivity index (χ2v) is 5.79. The summed E-state index contributed by atoms with van der Waals surface area (Å²) in [6.07, 6.45) is 2.01. The normalized spacial score (nSPS) is 20.1. The molecule has 0 saturated heterocycles. The van der Waals surface area contributed by atoms with Crippen LogP contribution in [-0.2, 0) is 12.3 Å². The molecule has 1 atom stereocenters. The summed E-state index contributed by atoms with van der Waals surface area (Å²) in [5, 5.41) is 20.5. The molecule has 3 rings (SSSR count). The molecule has 0 amide bonds. The number of imidazole rings is 1. The molecular formula is C13H12ClFN2O2S. The highest BCUT2D eigenvalue weighted by molar-refractivity contribution is 7.71. The van der Waals surface area contributed by atoms with Crippen molar-refractivity contribution in [3.8, 4) is 0 Å². The molecule has 20 heavy (non-hydrogen) atoms. The van der Waals surface area contributed by atoms with Crippen LogP contribution in [0.1, 0.15) is 23.6 Å². The minimum Gasteiger partial charge on any atom is -0.348 e. The van der Waals surface area contributed by atoms with Crippen molar-refractivity contribution in [2.45, 2.75) is 24.7 Å². The van der Waals surface area contributed by atoms with Crippen LogP contribution in [0.4, 0.5) is 4.39 Å². The van der Waals surface area contributed by atoms with Gasteiger partial charge < -0.3 is 15.2 Å². The topological polar surface area (TPSA) is 61.2 Å². The van der Waals surface area contributed by atoms with E-state index in [0.29, 0.717) is 22.7 Å². The summed E-state index contributed by atoms with van der Waals surface area (Å²) in [6, 6.07) is 4.34. The van der Waals surface area contributed by atoms with Gasteiger partial charge in [-0.15, -0.1) is 0 Å². The molecule has 0 spiro atoms. The van der Waals surface area contributed by atoms with Gasteiger partial charge in [-0.25, -0.2) is 4.39 Å². The van der Waals surface area contributed by atoms with E-state index in [9.17, 15) is 14.6 Å². The van der Waals surface area contributed by atoms with Crippen molar-refractivity contribution in [2.24, 2.45) is 0 Å². The number of fused-ring (bicyclic) bond motifs is 1. The van der Waals surface area contributed by atoms with Gasteiger partial charge in [0.1, 0.15) is 5.82 Å². The first kappa shape index (κ1) is 13.8. The standard InChI is InChI=1S/C13H12ClFN2O2S/c14-9-1-2-10(15)7(4-9)3-8-5-13(18,19)17-11(8)6-16-12(17)20/h1-2,4,6,8,18-19H,3,5H2,(H,16,20). The molecular weight excluding hydrogens is 303 g/mol. The average molecular weight is 315 g/mol. The predicted octanol–water partition coefficient (Wildman–Crippen LogP) is 2.66. The Kier molecular flexibility index (Phi) is 3.21. The third kappa shape index (κ3) is 2.18. The van der Waals surface area contributed by atoms with Gasteiger partial charge in [-0.05, 0) is 42.4 Å². The van der Waals surface area contributed by atoms with Crippen molar-refractivity contribution >= 4 is 23.8 Å². The minimum absolute atomic E-state index is 0.0621. The molecule has 4 nitrogen and oxygen atoms in total. The van der Waals surface area contributed by atoms with Gasteiger partial charge in [0.2, 0.25) is 0 Å².